The zero-order chi connectivity index (χ0) is 13.7. The van der Waals surface area contributed by atoms with Crippen molar-refractivity contribution in [1.82, 2.24) is 9.88 Å². The van der Waals surface area contributed by atoms with Gasteiger partial charge in [0, 0.05) is 19.3 Å². The smallest absolute Gasteiger partial charge is 0.272 e. The Morgan fingerprint density at radius 1 is 1.47 bits per heavy atom. The summed E-state index contributed by atoms with van der Waals surface area (Å²) in [5.74, 6) is 0.596. The van der Waals surface area contributed by atoms with Gasteiger partial charge in [0.05, 0.1) is 5.56 Å². The Bertz CT molecular complexity index is 469. The fraction of sp³-hybridized carbons (Fsp3) is 0.500. The van der Waals surface area contributed by atoms with Crippen molar-refractivity contribution in [2.24, 2.45) is 11.7 Å². The van der Waals surface area contributed by atoms with Crippen LogP contribution in [0.3, 0.4) is 0 Å². The molecular formula is C14H18N4O. The van der Waals surface area contributed by atoms with Gasteiger partial charge in [-0.15, -0.1) is 0 Å². The van der Waals surface area contributed by atoms with Crippen LogP contribution in [0.1, 0.15) is 35.3 Å². The first-order valence-corrected chi connectivity index (χ1v) is 6.60. The van der Waals surface area contributed by atoms with Gasteiger partial charge in [0.2, 0.25) is 0 Å². The Balaban J connectivity index is 1.95. The highest BCUT2D eigenvalue weighted by Gasteiger charge is 2.23. The van der Waals surface area contributed by atoms with E-state index < -0.39 is 0 Å². The zero-order valence-corrected chi connectivity index (χ0v) is 10.9. The van der Waals surface area contributed by atoms with Crippen molar-refractivity contribution in [2.45, 2.75) is 19.3 Å². The number of amides is 1. The minimum absolute atomic E-state index is 0.0457. The van der Waals surface area contributed by atoms with Gasteiger partial charge in [-0.2, -0.15) is 5.26 Å². The summed E-state index contributed by atoms with van der Waals surface area (Å²) in [5, 5.41) is 8.70. The number of piperidine rings is 1. The number of hydrogen-bond donors (Lipinski definition) is 1. The normalized spacial score (nSPS) is 16.1. The number of likely N-dealkylation sites (tertiary alicyclic amines) is 1. The van der Waals surface area contributed by atoms with Crippen LogP contribution < -0.4 is 5.73 Å². The van der Waals surface area contributed by atoms with E-state index in [2.05, 4.69) is 4.98 Å². The number of carbonyl (C=O) groups excluding carboxylic acids is 1. The van der Waals surface area contributed by atoms with Gasteiger partial charge in [-0.05, 0) is 43.9 Å². The van der Waals surface area contributed by atoms with E-state index in [1.54, 1.807) is 12.1 Å². The highest BCUT2D eigenvalue weighted by atomic mass is 16.2. The fourth-order valence-electron chi connectivity index (χ4n) is 2.41. The average molecular weight is 258 g/mol. The van der Waals surface area contributed by atoms with Crippen molar-refractivity contribution < 1.29 is 4.79 Å². The number of nitrogens with zero attached hydrogens (tertiary/aromatic N) is 3. The van der Waals surface area contributed by atoms with Gasteiger partial charge in [0.15, 0.2) is 0 Å². The molecule has 1 aromatic heterocycles. The topological polar surface area (TPSA) is 83.0 Å². The lowest BCUT2D eigenvalue weighted by Gasteiger charge is -2.31. The molecule has 0 radical (unpaired) electrons. The Morgan fingerprint density at radius 2 is 2.21 bits per heavy atom. The molecule has 5 heteroatoms. The summed E-state index contributed by atoms with van der Waals surface area (Å²) in [6.07, 6.45) is 4.50. The summed E-state index contributed by atoms with van der Waals surface area (Å²) >= 11 is 0. The van der Waals surface area contributed by atoms with E-state index in [-0.39, 0.29) is 5.91 Å². The zero-order valence-electron chi connectivity index (χ0n) is 10.9. The first-order valence-electron chi connectivity index (χ1n) is 6.60. The largest absolute Gasteiger partial charge is 0.337 e. The number of pyridine rings is 1. The number of carbonyl (C=O) groups is 1. The fourth-order valence-corrected chi connectivity index (χ4v) is 2.41. The third-order valence-corrected chi connectivity index (χ3v) is 3.59. The molecule has 0 aliphatic carbocycles. The van der Waals surface area contributed by atoms with Gasteiger partial charge in [-0.1, -0.05) is 0 Å². The molecule has 2 rings (SSSR count). The molecule has 0 saturated carbocycles. The van der Waals surface area contributed by atoms with Crippen LogP contribution in [0.2, 0.25) is 0 Å². The van der Waals surface area contributed by atoms with Crippen LogP contribution in [0.25, 0.3) is 0 Å². The van der Waals surface area contributed by atoms with Crippen molar-refractivity contribution in [1.29, 1.82) is 5.26 Å². The molecule has 0 spiro atoms. The van der Waals surface area contributed by atoms with Crippen molar-refractivity contribution in [3.63, 3.8) is 0 Å². The molecule has 0 aromatic carbocycles. The number of nitrogens with two attached hydrogens (primary N) is 1. The molecule has 1 amide bonds. The summed E-state index contributed by atoms with van der Waals surface area (Å²) in [4.78, 5) is 18.1. The second kappa shape index (κ2) is 6.30. The van der Waals surface area contributed by atoms with Crippen LogP contribution in [-0.2, 0) is 0 Å². The third kappa shape index (κ3) is 3.30. The van der Waals surface area contributed by atoms with E-state index in [4.69, 9.17) is 11.0 Å². The number of hydrogen-bond acceptors (Lipinski definition) is 4. The minimum atomic E-state index is -0.0457. The first kappa shape index (κ1) is 13.5. The summed E-state index contributed by atoms with van der Waals surface area (Å²) in [5.41, 5.74) is 6.44. The van der Waals surface area contributed by atoms with Crippen LogP contribution in [0.15, 0.2) is 18.3 Å². The standard InChI is InChI=1S/C14H18N4O/c15-6-3-11-4-7-18(8-5-11)14(19)13-2-1-12(9-16)10-17-13/h1-2,10-11H,3-8,15H2. The number of nitriles is 1. The lowest BCUT2D eigenvalue weighted by Crippen LogP contribution is -2.39. The SMILES string of the molecule is N#Cc1ccc(C(=O)N2CCC(CCN)CC2)nc1. The number of aromatic nitrogens is 1. The molecule has 1 aliphatic rings. The van der Waals surface area contributed by atoms with Crippen LogP contribution in [0.5, 0.6) is 0 Å². The van der Waals surface area contributed by atoms with E-state index in [0.717, 1.165) is 38.9 Å². The molecule has 1 saturated heterocycles. The van der Waals surface area contributed by atoms with E-state index in [9.17, 15) is 4.79 Å². The van der Waals surface area contributed by atoms with Crippen molar-refractivity contribution >= 4 is 5.91 Å². The molecular weight excluding hydrogens is 240 g/mol. The third-order valence-electron chi connectivity index (χ3n) is 3.59. The minimum Gasteiger partial charge on any atom is -0.337 e. The van der Waals surface area contributed by atoms with Crippen molar-refractivity contribution in [3.05, 3.63) is 29.6 Å². The monoisotopic (exact) mass is 258 g/mol. The van der Waals surface area contributed by atoms with Crippen molar-refractivity contribution in [3.8, 4) is 6.07 Å². The van der Waals surface area contributed by atoms with Gasteiger partial charge in [-0.3, -0.25) is 4.79 Å². The van der Waals surface area contributed by atoms with E-state index >= 15 is 0 Å². The van der Waals surface area contributed by atoms with Gasteiger partial charge < -0.3 is 10.6 Å². The Labute approximate surface area is 113 Å². The molecule has 19 heavy (non-hydrogen) atoms. The lowest BCUT2D eigenvalue weighted by molar-refractivity contribution is 0.0682. The molecule has 0 bridgehead atoms. The molecule has 2 heterocycles. The predicted octanol–water partition coefficient (Wildman–Crippen LogP) is 1.15. The van der Waals surface area contributed by atoms with Crippen molar-refractivity contribution in [2.75, 3.05) is 19.6 Å². The number of rotatable bonds is 3. The molecule has 1 aromatic rings. The summed E-state index contributed by atoms with van der Waals surface area (Å²) in [7, 11) is 0. The maximum absolute atomic E-state index is 12.2. The van der Waals surface area contributed by atoms with E-state index in [1.807, 2.05) is 11.0 Å². The second-order valence-corrected chi connectivity index (χ2v) is 4.86. The van der Waals surface area contributed by atoms with Crippen LogP contribution in [0, 0.1) is 17.2 Å². The van der Waals surface area contributed by atoms with Crippen LogP contribution >= 0.6 is 0 Å². The molecule has 1 fully saturated rings. The Morgan fingerprint density at radius 3 is 2.74 bits per heavy atom. The molecule has 0 unspecified atom stereocenters. The van der Waals surface area contributed by atoms with E-state index in [0.29, 0.717) is 17.2 Å². The second-order valence-electron chi connectivity index (χ2n) is 4.86. The Kier molecular flexibility index (Phi) is 4.48. The lowest BCUT2D eigenvalue weighted by atomic mass is 9.93. The first-order chi connectivity index (χ1) is 9.24. The quantitative estimate of drug-likeness (QED) is 0.881. The van der Waals surface area contributed by atoms with Crippen LogP contribution in [0.4, 0.5) is 0 Å². The average Bonchev–Trinajstić information content (AvgIpc) is 2.48. The van der Waals surface area contributed by atoms with Crippen LogP contribution in [-0.4, -0.2) is 35.4 Å². The summed E-state index contributed by atoms with van der Waals surface area (Å²) in [6.45, 7) is 2.26. The highest BCUT2D eigenvalue weighted by Crippen LogP contribution is 2.20. The predicted molar refractivity (Wildman–Crippen MR) is 71.3 cm³/mol. The van der Waals surface area contributed by atoms with Gasteiger partial charge >= 0.3 is 0 Å². The summed E-state index contributed by atoms with van der Waals surface area (Å²) < 4.78 is 0. The molecule has 5 nitrogen and oxygen atoms in total. The molecule has 100 valence electrons. The summed E-state index contributed by atoms with van der Waals surface area (Å²) in [6, 6.07) is 5.24. The maximum Gasteiger partial charge on any atom is 0.272 e. The molecule has 1 aliphatic heterocycles. The Hall–Kier alpha value is -1.93. The molecule has 2 N–H and O–H groups in total. The maximum atomic E-state index is 12.2. The van der Waals surface area contributed by atoms with E-state index in [1.165, 1.54) is 6.20 Å². The van der Waals surface area contributed by atoms with Gasteiger partial charge in [-0.25, -0.2) is 4.98 Å². The highest BCUT2D eigenvalue weighted by molar-refractivity contribution is 5.92. The van der Waals surface area contributed by atoms with Gasteiger partial charge in [0.1, 0.15) is 11.8 Å². The van der Waals surface area contributed by atoms with Gasteiger partial charge in [0.25, 0.3) is 5.91 Å². The molecule has 0 atom stereocenters.